The zero-order valence-corrected chi connectivity index (χ0v) is 30.9. The average molecular weight is 771 g/mol. The number of nitrogens with zero attached hydrogens (tertiary/aromatic N) is 9. The van der Waals surface area contributed by atoms with E-state index in [0.29, 0.717) is 17.2 Å². The largest absolute Gasteiger partial charge is 0.475 e. The second kappa shape index (κ2) is 15.5. The Hall–Kier alpha value is -7.52. The van der Waals surface area contributed by atoms with Crippen molar-refractivity contribution >= 4 is 70.2 Å². The van der Waals surface area contributed by atoms with Gasteiger partial charge >= 0.3 is 5.97 Å². The first-order valence-corrected chi connectivity index (χ1v) is 17.0. The third-order valence-electron chi connectivity index (χ3n) is 8.82. The molecule has 22 heteroatoms. The molecule has 0 spiro atoms. The van der Waals surface area contributed by atoms with Gasteiger partial charge in [-0.25, -0.2) is 19.7 Å². The van der Waals surface area contributed by atoms with Gasteiger partial charge in [0.2, 0.25) is 29.4 Å². The van der Waals surface area contributed by atoms with Gasteiger partial charge in [0.25, 0.3) is 17.7 Å². The van der Waals surface area contributed by atoms with Gasteiger partial charge in [-0.3, -0.25) is 28.8 Å². The summed E-state index contributed by atoms with van der Waals surface area (Å²) in [5.74, 6) is -3.97. The number of aromatic carboxylic acids is 1. The lowest BCUT2D eigenvalue weighted by Crippen LogP contribution is -2.54. The molecule has 1 saturated heterocycles. The van der Waals surface area contributed by atoms with Crippen LogP contribution in [0.3, 0.4) is 0 Å². The van der Waals surface area contributed by atoms with Crippen LogP contribution in [-0.4, -0.2) is 102 Å². The third kappa shape index (κ3) is 8.32. The van der Waals surface area contributed by atoms with Gasteiger partial charge in [-0.05, 0) is 6.07 Å². The molecule has 6 heterocycles. The quantitative estimate of drug-likeness (QED) is 0.0977. The maximum atomic E-state index is 13.2. The van der Waals surface area contributed by atoms with Gasteiger partial charge in [0, 0.05) is 104 Å². The number of likely N-dealkylation sites (tertiary alicyclic amines) is 1. The molecule has 6 rings (SSSR count). The molecule has 1 fully saturated rings. The first kappa shape index (κ1) is 38.2. The molecule has 6 N–H and O–H groups in total. The number of imidazole rings is 3. The van der Waals surface area contributed by atoms with Crippen LogP contribution in [-0.2, 0) is 49.6 Å². The standard InChI is InChI=1S/C34H38N14O8/c1-43-9-8-35-27(43)31(52)37-20-11-24(45(3)15-20)42-26(50)7-6-25(49)38-22-16-46(4)28(39-22)32(53)36-19-10-21(44(2)14-19)33(54)48-12-18(13-48)30(51)41-23-17-47(5)29(40-23)34(55)56/h8-11,14-18H,6-7,12-13H2,1-5H3,(H,36,53)(H,37,52)(H,38,49)(H,41,51)(H,42,50)(H,55,56). The molecule has 0 bridgehead atoms. The van der Waals surface area contributed by atoms with Gasteiger partial charge in [0.1, 0.15) is 11.5 Å². The van der Waals surface area contributed by atoms with E-state index in [-0.39, 0.29) is 66.6 Å². The van der Waals surface area contributed by atoms with Crippen LogP contribution < -0.4 is 26.6 Å². The third-order valence-corrected chi connectivity index (χ3v) is 8.82. The summed E-state index contributed by atoms with van der Waals surface area (Å²) in [4.78, 5) is 101. The van der Waals surface area contributed by atoms with E-state index in [1.807, 2.05) is 0 Å². The van der Waals surface area contributed by atoms with Crippen LogP contribution in [0.2, 0.25) is 0 Å². The highest BCUT2D eigenvalue weighted by Crippen LogP contribution is 2.24. The number of aromatic nitrogens is 8. The van der Waals surface area contributed by atoms with Crippen molar-refractivity contribution in [3.8, 4) is 0 Å². The number of carbonyl (C=O) groups is 7. The number of amides is 6. The molecule has 0 saturated carbocycles. The summed E-state index contributed by atoms with van der Waals surface area (Å²) in [6, 6.07) is 3.06. The lowest BCUT2D eigenvalue weighted by Gasteiger charge is -2.38. The zero-order valence-electron chi connectivity index (χ0n) is 30.9. The van der Waals surface area contributed by atoms with E-state index in [4.69, 9.17) is 5.11 Å². The van der Waals surface area contributed by atoms with Crippen LogP contribution in [0, 0.1) is 5.92 Å². The monoisotopic (exact) mass is 770 g/mol. The molecule has 292 valence electrons. The van der Waals surface area contributed by atoms with Gasteiger partial charge in [0.05, 0.1) is 17.3 Å². The van der Waals surface area contributed by atoms with Crippen LogP contribution in [0.15, 0.2) is 49.3 Å². The smallest absolute Gasteiger partial charge is 0.372 e. The minimum Gasteiger partial charge on any atom is -0.475 e. The first-order valence-electron chi connectivity index (χ1n) is 17.0. The molecule has 0 atom stereocenters. The normalized spacial score (nSPS) is 12.5. The highest BCUT2D eigenvalue weighted by atomic mass is 16.4. The van der Waals surface area contributed by atoms with E-state index >= 15 is 0 Å². The predicted molar refractivity (Wildman–Crippen MR) is 198 cm³/mol. The Balaban J connectivity index is 0.955. The summed E-state index contributed by atoms with van der Waals surface area (Å²) >= 11 is 0. The van der Waals surface area contributed by atoms with Crippen molar-refractivity contribution < 1.29 is 38.7 Å². The topological polar surface area (TPSA) is 266 Å². The molecule has 56 heavy (non-hydrogen) atoms. The fourth-order valence-corrected chi connectivity index (χ4v) is 5.86. The average Bonchev–Trinajstić information content (AvgIpc) is 3.93. The zero-order chi connectivity index (χ0) is 40.4. The number of hydrogen-bond donors (Lipinski definition) is 6. The summed E-state index contributed by atoms with van der Waals surface area (Å²) in [5, 5.41) is 22.4. The number of carboxylic acids is 1. The molecule has 6 amide bonds. The van der Waals surface area contributed by atoms with E-state index in [2.05, 4.69) is 41.5 Å². The fourth-order valence-electron chi connectivity index (χ4n) is 5.86. The molecule has 1 aliphatic rings. The van der Waals surface area contributed by atoms with Crippen molar-refractivity contribution in [2.24, 2.45) is 41.2 Å². The van der Waals surface area contributed by atoms with Crippen molar-refractivity contribution in [1.82, 2.24) is 42.7 Å². The fraction of sp³-hybridized carbons (Fsp3) is 0.294. The number of carbonyl (C=O) groups excluding carboxylic acids is 6. The summed E-state index contributed by atoms with van der Waals surface area (Å²) < 4.78 is 7.40. The second-order valence-corrected chi connectivity index (χ2v) is 13.1. The van der Waals surface area contributed by atoms with Gasteiger partial charge < -0.3 is 59.4 Å². The number of carboxylic acid groups (broad SMARTS) is 1. The lowest BCUT2D eigenvalue weighted by molar-refractivity contribution is -0.123. The van der Waals surface area contributed by atoms with Crippen LogP contribution in [0.5, 0.6) is 0 Å². The Labute approximate surface area is 317 Å². The molecular weight excluding hydrogens is 732 g/mol. The minimum absolute atomic E-state index is 0.0377. The Kier molecular flexibility index (Phi) is 10.5. The number of aryl methyl sites for hydroxylation is 5. The van der Waals surface area contributed by atoms with Crippen LogP contribution in [0.25, 0.3) is 0 Å². The maximum absolute atomic E-state index is 13.2. The van der Waals surface area contributed by atoms with Crippen molar-refractivity contribution in [2.45, 2.75) is 12.8 Å². The molecule has 5 aromatic rings. The molecule has 22 nitrogen and oxygen atoms in total. The second-order valence-electron chi connectivity index (χ2n) is 13.1. The highest BCUT2D eigenvalue weighted by molar-refractivity contribution is 6.05. The Morgan fingerprint density at radius 2 is 1.23 bits per heavy atom. The summed E-state index contributed by atoms with van der Waals surface area (Å²) in [7, 11) is 8.06. The Bertz CT molecular complexity index is 2390. The highest BCUT2D eigenvalue weighted by Gasteiger charge is 2.37. The van der Waals surface area contributed by atoms with Gasteiger partial charge in [-0.15, -0.1) is 0 Å². The first-order chi connectivity index (χ1) is 26.6. The Morgan fingerprint density at radius 1 is 0.661 bits per heavy atom. The summed E-state index contributed by atoms with van der Waals surface area (Å²) in [6.45, 7) is 0.260. The molecule has 0 aliphatic carbocycles. The van der Waals surface area contributed by atoms with Crippen molar-refractivity contribution in [3.63, 3.8) is 0 Å². The minimum atomic E-state index is -1.23. The van der Waals surface area contributed by atoms with E-state index < -0.39 is 41.4 Å². The van der Waals surface area contributed by atoms with E-state index in [9.17, 15) is 33.6 Å². The summed E-state index contributed by atoms with van der Waals surface area (Å²) in [5.41, 5.74) is 1.00. The number of nitrogens with one attached hydrogen (secondary N) is 5. The number of anilines is 5. The summed E-state index contributed by atoms with van der Waals surface area (Å²) in [6.07, 6.45) is 8.79. The number of hydrogen-bond acceptors (Lipinski definition) is 10. The van der Waals surface area contributed by atoms with Crippen LogP contribution in [0.4, 0.5) is 28.8 Å². The predicted octanol–water partition coefficient (Wildman–Crippen LogP) is 0.835. The molecule has 0 radical (unpaired) electrons. The van der Waals surface area contributed by atoms with Crippen LogP contribution >= 0.6 is 0 Å². The molecular formula is C34H38N14O8. The van der Waals surface area contributed by atoms with E-state index in [1.54, 1.807) is 62.0 Å². The molecule has 5 aromatic heterocycles. The number of rotatable bonds is 13. The van der Waals surface area contributed by atoms with Gasteiger partial charge in [0.15, 0.2) is 17.5 Å². The van der Waals surface area contributed by atoms with E-state index in [0.717, 1.165) is 0 Å². The molecule has 1 aliphatic heterocycles. The molecule has 0 unspecified atom stereocenters. The maximum Gasteiger partial charge on any atom is 0.372 e. The van der Waals surface area contributed by atoms with Gasteiger partial charge in [-0.1, -0.05) is 0 Å². The van der Waals surface area contributed by atoms with Crippen molar-refractivity contribution in [2.75, 3.05) is 39.7 Å². The Morgan fingerprint density at radius 3 is 1.86 bits per heavy atom. The SMILES string of the molecule is Cn1cc(NC(=O)c2nccn2C)cc1NC(=O)CCC(=O)Nc1cn(C)c(C(=O)Nc2cc(C(=O)N3CC(C(=O)Nc4cn(C)c(C(=O)O)n4)C3)n(C)c2)n1. The van der Waals surface area contributed by atoms with Gasteiger partial charge in [-0.2, -0.15) is 0 Å². The lowest BCUT2D eigenvalue weighted by atomic mass is 9.98. The van der Waals surface area contributed by atoms with Crippen molar-refractivity contribution in [3.05, 3.63) is 72.5 Å². The van der Waals surface area contributed by atoms with Crippen molar-refractivity contribution in [1.29, 1.82) is 0 Å². The van der Waals surface area contributed by atoms with Crippen LogP contribution in [0.1, 0.15) is 55.2 Å². The van der Waals surface area contributed by atoms with E-state index in [1.165, 1.54) is 50.3 Å². The molecule has 0 aromatic carbocycles.